The maximum atomic E-state index is 12.1. The molecule has 7 heteroatoms. The van der Waals surface area contributed by atoms with Crippen LogP contribution in [0, 0.1) is 0 Å². The van der Waals surface area contributed by atoms with Crippen molar-refractivity contribution in [1.29, 1.82) is 0 Å². The first-order chi connectivity index (χ1) is 9.29. The Morgan fingerprint density at radius 2 is 2.26 bits per heavy atom. The van der Waals surface area contributed by atoms with Crippen molar-refractivity contribution in [2.75, 3.05) is 18.5 Å². The van der Waals surface area contributed by atoms with Gasteiger partial charge in [-0.25, -0.2) is 4.98 Å². The molecule has 0 radical (unpaired) electrons. The van der Waals surface area contributed by atoms with Crippen LogP contribution in [0.15, 0.2) is 23.1 Å². The van der Waals surface area contributed by atoms with Crippen molar-refractivity contribution in [2.45, 2.75) is 6.42 Å². The zero-order valence-electron chi connectivity index (χ0n) is 10.1. The molecule has 0 amide bonds. The number of rotatable bonds is 4. The zero-order chi connectivity index (χ0) is 13.2. The molecule has 19 heavy (non-hydrogen) atoms. The molecule has 0 saturated carbocycles. The quantitative estimate of drug-likeness (QED) is 0.513. The van der Waals surface area contributed by atoms with Crippen LogP contribution in [0.5, 0.6) is 0 Å². The summed E-state index contributed by atoms with van der Waals surface area (Å²) in [5.41, 5.74) is 1.22. The number of aromatic amines is 2. The van der Waals surface area contributed by atoms with Crippen LogP contribution in [0.1, 0.15) is 6.42 Å². The van der Waals surface area contributed by atoms with Gasteiger partial charge in [-0.05, 0) is 18.6 Å². The molecule has 0 atom stereocenters. The lowest BCUT2D eigenvalue weighted by Gasteiger charge is -2.05. The van der Waals surface area contributed by atoms with Crippen molar-refractivity contribution < 1.29 is 5.11 Å². The first-order valence-electron chi connectivity index (χ1n) is 6.00. The standard InChI is InChI=1S/C12H13N5O2/c18-5-1-4-13-12-15-9-3-2-8-7(6-14-17-8)10(9)11(19)16-12/h2-3,6,18H,1,4-5H2,(H,14,17)(H2,13,15,16,19). The van der Waals surface area contributed by atoms with Gasteiger partial charge < -0.3 is 10.4 Å². The number of benzene rings is 1. The summed E-state index contributed by atoms with van der Waals surface area (Å²) in [6.45, 7) is 0.652. The van der Waals surface area contributed by atoms with Crippen molar-refractivity contribution in [1.82, 2.24) is 20.2 Å². The Balaban J connectivity index is 2.11. The number of aliphatic hydroxyl groups excluding tert-OH is 1. The molecule has 1 aromatic carbocycles. The molecule has 2 heterocycles. The number of anilines is 1. The van der Waals surface area contributed by atoms with E-state index < -0.39 is 0 Å². The van der Waals surface area contributed by atoms with E-state index in [1.165, 1.54) is 0 Å². The summed E-state index contributed by atoms with van der Waals surface area (Å²) in [4.78, 5) is 19.2. The van der Waals surface area contributed by atoms with Gasteiger partial charge in [-0.15, -0.1) is 0 Å². The first-order valence-corrected chi connectivity index (χ1v) is 6.00. The molecule has 0 aliphatic rings. The summed E-state index contributed by atoms with van der Waals surface area (Å²) >= 11 is 0. The average molecular weight is 259 g/mol. The topological polar surface area (TPSA) is 107 Å². The Kier molecular flexibility index (Phi) is 2.88. The van der Waals surface area contributed by atoms with E-state index in [4.69, 9.17) is 5.11 Å². The second kappa shape index (κ2) is 4.69. The number of nitrogens with zero attached hydrogens (tertiary/aromatic N) is 2. The van der Waals surface area contributed by atoms with Crippen LogP contribution in [0.4, 0.5) is 5.95 Å². The monoisotopic (exact) mass is 259 g/mol. The number of aromatic nitrogens is 4. The zero-order valence-corrected chi connectivity index (χ0v) is 10.1. The largest absolute Gasteiger partial charge is 0.396 e. The van der Waals surface area contributed by atoms with Crippen LogP contribution in [-0.4, -0.2) is 38.4 Å². The molecule has 0 unspecified atom stereocenters. The Labute approximate surface area is 107 Å². The van der Waals surface area contributed by atoms with Gasteiger partial charge in [-0.3, -0.25) is 14.9 Å². The highest BCUT2D eigenvalue weighted by Gasteiger charge is 2.08. The molecule has 0 aliphatic carbocycles. The van der Waals surface area contributed by atoms with E-state index in [1.807, 2.05) is 6.07 Å². The van der Waals surface area contributed by atoms with Gasteiger partial charge in [0.15, 0.2) is 0 Å². The second-order valence-electron chi connectivity index (χ2n) is 4.21. The predicted molar refractivity (Wildman–Crippen MR) is 72.2 cm³/mol. The van der Waals surface area contributed by atoms with E-state index in [-0.39, 0.29) is 12.2 Å². The molecule has 0 spiro atoms. The lowest BCUT2D eigenvalue weighted by atomic mass is 10.1. The van der Waals surface area contributed by atoms with Crippen molar-refractivity contribution in [2.24, 2.45) is 0 Å². The molecule has 7 nitrogen and oxygen atoms in total. The Morgan fingerprint density at radius 1 is 1.37 bits per heavy atom. The van der Waals surface area contributed by atoms with Gasteiger partial charge in [0, 0.05) is 18.5 Å². The molecule has 3 aromatic rings. The highest BCUT2D eigenvalue weighted by atomic mass is 16.3. The van der Waals surface area contributed by atoms with E-state index in [0.29, 0.717) is 29.8 Å². The number of aliphatic hydroxyl groups is 1. The van der Waals surface area contributed by atoms with E-state index in [0.717, 1.165) is 10.9 Å². The number of hydrogen-bond donors (Lipinski definition) is 4. The van der Waals surface area contributed by atoms with Gasteiger partial charge in [0.1, 0.15) is 0 Å². The molecular weight excluding hydrogens is 246 g/mol. The SMILES string of the molecule is O=c1[nH]c(NCCCO)nc2ccc3[nH]ncc3c12. The van der Waals surface area contributed by atoms with Crippen LogP contribution < -0.4 is 10.9 Å². The maximum absolute atomic E-state index is 12.1. The third-order valence-corrected chi connectivity index (χ3v) is 2.92. The fraction of sp³-hybridized carbons (Fsp3) is 0.250. The molecule has 4 N–H and O–H groups in total. The minimum Gasteiger partial charge on any atom is -0.396 e. The summed E-state index contributed by atoms with van der Waals surface area (Å²) in [6, 6.07) is 3.62. The molecular formula is C12H13N5O2. The summed E-state index contributed by atoms with van der Waals surface area (Å²) in [5.74, 6) is 0.411. The van der Waals surface area contributed by atoms with E-state index >= 15 is 0 Å². The number of nitrogens with one attached hydrogen (secondary N) is 3. The van der Waals surface area contributed by atoms with Crippen molar-refractivity contribution in [3.63, 3.8) is 0 Å². The highest BCUT2D eigenvalue weighted by molar-refractivity contribution is 6.04. The molecule has 98 valence electrons. The second-order valence-corrected chi connectivity index (χ2v) is 4.21. The predicted octanol–water partition coefficient (Wildman–Crippen LogP) is 0.594. The summed E-state index contributed by atoms with van der Waals surface area (Å²) in [6.07, 6.45) is 2.22. The number of hydrogen-bond acceptors (Lipinski definition) is 5. The van der Waals surface area contributed by atoms with Gasteiger partial charge in [-0.1, -0.05) is 0 Å². The van der Waals surface area contributed by atoms with Gasteiger partial charge in [-0.2, -0.15) is 5.10 Å². The lowest BCUT2D eigenvalue weighted by molar-refractivity contribution is 0.292. The van der Waals surface area contributed by atoms with Gasteiger partial charge in [0.2, 0.25) is 5.95 Å². The van der Waals surface area contributed by atoms with Crippen molar-refractivity contribution in [3.8, 4) is 0 Å². The molecule has 0 saturated heterocycles. The van der Waals surface area contributed by atoms with E-state index in [9.17, 15) is 4.79 Å². The van der Waals surface area contributed by atoms with Crippen LogP contribution in [0.2, 0.25) is 0 Å². The number of H-pyrrole nitrogens is 2. The third-order valence-electron chi connectivity index (χ3n) is 2.92. The van der Waals surface area contributed by atoms with Crippen molar-refractivity contribution >= 4 is 27.8 Å². The smallest absolute Gasteiger partial charge is 0.260 e. The Bertz CT molecular complexity index is 776. The van der Waals surface area contributed by atoms with Gasteiger partial charge in [0.05, 0.1) is 22.6 Å². The van der Waals surface area contributed by atoms with Crippen LogP contribution in [0.25, 0.3) is 21.8 Å². The van der Waals surface area contributed by atoms with Crippen LogP contribution in [0.3, 0.4) is 0 Å². The molecule has 3 rings (SSSR count). The van der Waals surface area contributed by atoms with Crippen molar-refractivity contribution in [3.05, 3.63) is 28.7 Å². The van der Waals surface area contributed by atoms with Gasteiger partial charge in [0.25, 0.3) is 5.56 Å². The number of fused-ring (bicyclic) bond motifs is 3. The normalized spacial score (nSPS) is 11.2. The van der Waals surface area contributed by atoms with E-state index in [1.54, 1.807) is 12.3 Å². The lowest BCUT2D eigenvalue weighted by Crippen LogP contribution is -2.14. The molecule has 0 fully saturated rings. The molecule has 0 aliphatic heterocycles. The third kappa shape index (κ3) is 2.04. The molecule has 0 bridgehead atoms. The Morgan fingerprint density at radius 3 is 3.11 bits per heavy atom. The first kappa shape index (κ1) is 11.7. The van der Waals surface area contributed by atoms with Gasteiger partial charge >= 0.3 is 0 Å². The Hall–Kier alpha value is -2.41. The minimum atomic E-state index is -0.205. The van der Waals surface area contributed by atoms with Crippen LogP contribution >= 0.6 is 0 Å². The minimum absolute atomic E-state index is 0.0977. The summed E-state index contributed by atoms with van der Waals surface area (Å²) in [5, 5.41) is 19.7. The van der Waals surface area contributed by atoms with Crippen LogP contribution in [-0.2, 0) is 0 Å². The van der Waals surface area contributed by atoms with E-state index in [2.05, 4.69) is 25.5 Å². The average Bonchev–Trinajstić information content (AvgIpc) is 2.86. The fourth-order valence-corrected chi connectivity index (χ4v) is 2.03. The summed E-state index contributed by atoms with van der Waals surface area (Å²) in [7, 11) is 0. The highest BCUT2D eigenvalue weighted by Crippen LogP contribution is 2.19. The molecule has 2 aromatic heterocycles. The fourth-order valence-electron chi connectivity index (χ4n) is 2.03. The summed E-state index contributed by atoms with van der Waals surface area (Å²) < 4.78 is 0. The maximum Gasteiger partial charge on any atom is 0.260 e.